The number of nitrogens with two attached hydrogens (primary N) is 1. The zero-order valence-corrected chi connectivity index (χ0v) is 8.73. The third kappa shape index (κ3) is 2.44. The molecule has 0 aliphatic heterocycles. The third-order valence-corrected chi connectivity index (χ3v) is 3.80. The van der Waals surface area contributed by atoms with E-state index < -0.39 is 0 Å². The summed E-state index contributed by atoms with van der Waals surface area (Å²) in [5.74, 6) is 0. The topological polar surface area (TPSA) is 38.0 Å². The fraction of sp³-hybridized carbons (Fsp3) is 1.00. The van der Waals surface area contributed by atoms with Gasteiger partial charge in [-0.25, -0.2) is 0 Å². The van der Waals surface area contributed by atoms with Crippen LogP contribution in [0.5, 0.6) is 0 Å². The molecule has 0 heterocycles. The third-order valence-electron chi connectivity index (χ3n) is 3.80. The molecule has 13 heavy (non-hydrogen) atoms. The maximum atomic E-state index is 6.13. The SMILES string of the molecule is CC1(CNCCC2(N)CCC2)CC1. The highest BCUT2D eigenvalue weighted by Gasteiger charge is 2.37. The molecule has 2 rings (SSSR count). The van der Waals surface area contributed by atoms with Gasteiger partial charge in [-0.2, -0.15) is 0 Å². The Morgan fingerprint density at radius 3 is 2.38 bits per heavy atom. The van der Waals surface area contributed by atoms with Gasteiger partial charge in [-0.05, 0) is 50.5 Å². The summed E-state index contributed by atoms with van der Waals surface area (Å²) in [5, 5.41) is 3.53. The van der Waals surface area contributed by atoms with Crippen molar-refractivity contribution >= 4 is 0 Å². The largest absolute Gasteiger partial charge is 0.325 e. The van der Waals surface area contributed by atoms with Crippen molar-refractivity contribution in [3.8, 4) is 0 Å². The average molecular weight is 182 g/mol. The van der Waals surface area contributed by atoms with E-state index in [1.807, 2.05) is 0 Å². The van der Waals surface area contributed by atoms with Crippen LogP contribution in [0.1, 0.15) is 45.4 Å². The lowest BCUT2D eigenvalue weighted by molar-refractivity contribution is 0.228. The van der Waals surface area contributed by atoms with Gasteiger partial charge in [-0.3, -0.25) is 0 Å². The summed E-state index contributed by atoms with van der Waals surface area (Å²) in [6.07, 6.45) is 7.82. The van der Waals surface area contributed by atoms with Gasteiger partial charge in [0.05, 0.1) is 0 Å². The van der Waals surface area contributed by atoms with E-state index in [9.17, 15) is 0 Å². The molecular weight excluding hydrogens is 160 g/mol. The van der Waals surface area contributed by atoms with E-state index in [-0.39, 0.29) is 5.54 Å². The Labute approximate surface area is 81.3 Å². The molecule has 0 spiro atoms. The molecule has 2 aliphatic rings. The van der Waals surface area contributed by atoms with Crippen LogP contribution in [0.25, 0.3) is 0 Å². The molecule has 2 heteroatoms. The predicted molar refractivity (Wildman–Crippen MR) is 55.6 cm³/mol. The molecule has 2 aliphatic carbocycles. The van der Waals surface area contributed by atoms with Crippen LogP contribution < -0.4 is 11.1 Å². The minimum Gasteiger partial charge on any atom is -0.325 e. The lowest BCUT2D eigenvalue weighted by Crippen LogP contribution is -2.48. The van der Waals surface area contributed by atoms with Gasteiger partial charge in [0.2, 0.25) is 0 Å². The highest BCUT2D eigenvalue weighted by molar-refractivity contribution is 4.94. The minimum absolute atomic E-state index is 0.206. The van der Waals surface area contributed by atoms with Crippen molar-refractivity contribution in [3.05, 3.63) is 0 Å². The van der Waals surface area contributed by atoms with E-state index in [1.54, 1.807) is 0 Å². The van der Waals surface area contributed by atoms with Crippen LogP contribution in [0.3, 0.4) is 0 Å². The van der Waals surface area contributed by atoms with Crippen molar-refractivity contribution in [2.75, 3.05) is 13.1 Å². The number of nitrogens with one attached hydrogen (secondary N) is 1. The summed E-state index contributed by atoms with van der Waals surface area (Å²) in [5.41, 5.74) is 6.97. The molecule has 0 aromatic heterocycles. The van der Waals surface area contributed by atoms with Gasteiger partial charge in [0, 0.05) is 12.1 Å². The second-order valence-corrected chi connectivity index (χ2v) is 5.45. The highest BCUT2D eigenvalue weighted by Crippen LogP contribution is 2.44. The van der Waals surface area contributed by atoms with Gasteiger partial charge in [-0.1, -0.05) is 6.92 Å². The van der Waals surface area contributed by atoms with Gasteiger partial charge < -0.3 is 11.1 Å². The first-order valence-corrected chi connectivity index (χ1v) is 5.62. The Morgan fingerprint density at radius 2 is 1.92 bits per heavy atom. The van der Waals surface area contributed by atoms with Gasteiger partial charge >= 0.3 is 0 Å². The fourth-order valence-electron chi connectivity index (χ4n) is 2.00. The van der Waals surface area contributed by atoms with Crippen LogP contribution in [0.2, 0.25) is 0 Å². The normalized spacial score (nSPS) is 28.2. The molecule has 0 amide bonds. The zero-order chi connectivity index (χ0) is 9.36. The van der Waals surface area contributed by atoms with Gasteiger partial charge in [-0.15, -0.1) is 0 Å². The van der Waals surface area contributed by atoms with Crippen LogP contribution >= 0.6 is 0 Å². The summed E-state index contributed by atoms with van der Waals surface area (Å²) >= 11 is 0. The van der Waals surface area contributed by atoms with Crippen molar-refractivity contribution in [2.24, 2.45) is 11.1 Å². The molecule has 3 N–H and O–H groups in total. The molecule has 0 radical (unpaired) electrons. The van der Waals surface area contributed by atoms with E-state index in [0.29, 0.717) is 5.41 Å². The Bertz CT molecular complexity index is 181. The van der Waals surface area contributed by atoms with Crippen molar-refractivity contribution < 1.29 is 0 Å². The molecule has 0 bridgehead atoms. The first-order valence-electron chi connectivity index (χ1n) is 5.62. The standard InChI is InChI=1S/C11H22N2/c1-10(5-6-10)9-13-8-7-11(12)3-2-4-11/h13H,2-9,12H2,1H3. The van der Waals surface area contributed by atoms with E-state index >= 15 is 0 Å². The molecule has 2 fully saturated rings. The van der Waals surface area contributed by atoms with E-state index in [0.717, 1.165) is 6.54 Å². The fourth-order valence-corrected chi connectivity index (χ4v) is 2.00. The first kappa shape index (κ1) is 9.47. The van der Waals surface area contributed by atoms with Crippen LogP contribution in [-0.4, -0.2) is 18.6 Å². The van der Waals surface area contributed by atoms with E-state index in [2.05, 4.69) is 12.2 Å². The van der Waals surface area contributed by atoms with Crippen molar-refractivity contribution in [2.45, 2.75) is 51.0 Å². The first-order chi connectivity index (χ1) is 6.12. The van der Waals surface area contributed by atoms with E-state index in [4.69, 9.17) is 5.73 Å². The summed E-state index contributed by atoms with van der Waals surface area (Å²) in [7, 11) is 0. The smallest absolute Gasteiger partial charge is 0.0166 e. The molecule has 0 atom stereocenters. The second-order valence-electron chi connectivity index (χ2n) is 5.45. The molecule has 0 saturated heterocycles. The Kier molecular flexibility index (Phi) is 2.37. The second kappa shape index (κ2) is 3.25. The number of hydrogen-bond donors (Lipinski definition) is 2. The molecule has 0 unspecified atom stereocenters. The molecule has 2 nitrogen and oxygen atoms in total. The Morgan fingerprint density at radius 1 is 1.23 bits per heavy atom. The van der Waals surface area contributed by atoms with Crippen molar-refractivity contribution in [1.29, 1.82) is 0 Å². The number of hydrogen-bond acceptors (Lipinski definition) is 2. The average Bonchev–Trinajstić information content (AvgIpc) is 2.75. The quantitative estimate of drug-likeness (QED) is 0.634. The Balaban J connectivity index is 1.53. The summed E-state index contributed by atoms with van der Waals surface area (Å²) in [6.45, 7) is 4.68. The summed E-state index contributed by atoms with van der Waals surface area (Å²) in [4.78, 5) is 0. The summed E-state index contributed by atoms with van der Waals surface area (Å²) in [6, 6.07) is 0. The summed E-state index contributed by atoms with van der Waals surface area (Å²) < 4.78 is 0. The molecular formula is C11H22N2. The molecule has 2 saturated carbocycles. The molecule has 0 aromatic carbocycles. The number of rotatable bonds is 5. The van der Waals surface area contributed by atoms with Gasteiger partial charge in [0.15, 0.2) is 0 Å². The molecule has 0 aromatic rings. The van der Waals surface area contributed by atoms with E-state index in [1.165, 1.54) is 45.1 Å². The zero-order valence-electron chi connectivity index (χ0n) is 8.73. The van der Waals surface area contributed by atoms with Crippen LogP contribution in [0.4, 0.5) is 0 Å². The van der Waals surface area contributed by atoms with Crippen LogP contribution in [-0.2, 0) is 0 Å². The minimum atomic E-state index is 0.206. The maximum absolute atomic E-state index is 6.13. The lowest BCUT2D eigenvalue weighted by atomic mass is 9.75. The van der Waals surface area contributed by atoms with Gasteiger partial charge in [0.25, 0.3) is 0 Å². The van der Waals surface area contributed by atoms with Gasteiger partial charge in [0.1, 0.15) is 0 Å². The van der Waals surface area contributed by atoms with Crippen molar-refractivity contribution in [1.82, 2.24) is 5.32 Å². The predicted octanol–water partition coefficient (Wildman–Crippen LogP) is 1.65. The Hall–Kier alpha value is -0.0800. The maximum Gasteiger partial charge on any atom is 0.0166 e. The molecule has 76 valence electrons. The van der Waals surface area contributed by atoms with Crippen LogP contribution in [0, 0.1) is 5.41 Å². The monoisotopic (exact) mass is 182 g/mol. The highest BCUT2D eigenvalue weighted by atomic mass is 14.9. The van der Waals surface area contributed by atoms with Crippen LogP contribution in [0.15, 0.2) is 0 Å². The lowest BCUT2D eigenvalue weighted by Gasteiger charge is -2.38. The van der Waals surface area contributed by atoms with Crippen molar-refractivity contribution in [3.63, 3.8) is 0 Å².